The monoisotopic (exact) mass is 413 g/mol. The van der Waals surface area contributed by atoms with Crippen molar-refractivity contribution in [2.75, 3.05) is 7.11 Å². The molecule has 3 aromatic rings. The van der Waals surface area contributed by atoms with E-state index in [-0.39, 0.29) is 5.91 Å². The van der Waals surface area contributed by atoms with Gasteiger partial charge in [-0.1, -0.05) is 23.7 Å². The molecule has 1 N–H and O–H groups in total. The molecule has 0 aliphatic heterocycles. The van der Waals surface area contributed by atoms with Crippen molar-refractivity contribution in [2.45, 2.75) is 25.5 Å². The maximum atomic E-state index is 13.1. The Labute approximate surface area is 175 Å². The number of halogens is 1. The quantitative estimate of drug-likeness (QED) is 0.632. The highest BCUT2D eigenvalue weighted by Crippen LogP contribution is 2.26. The summed E-state index contributed by atoms with van der Waals surface area (Å²) in [5.41, 5.74) is -0.222. The van der Waals surface area contributed by atoms with Crippen molar-refractivity contribution >= 4 is 17.5 Å². The van der Waals surface area contributed by atoms with Gasteiger partial charge in [0.2, 0.25) is 0 Å². The topological polar surface area (TPSA) is 65.4 Å². The number of rotatable bonds is 7. The molecule has 1 heterocycles. The molecule has 0 spiro atoms. The summed E-state index contributed by atoms with van der Waals surface area (Å²) in [6, 6.07) is 14.0. The first-order chi connectivity index (χ1) is 13.8. The first-order valence-electron chi connectivity index (χ1n) is 9.17. The van der Waals surface area contributed by atoms with Gasteiger partial charge in [-0.25, -0.2) is 4.98 Å². The Morgan fingerprint density at radius 2 is 1.72 bits per heavy atom. The van der Waals surface area contributed by atoms with E-state index in [9.17, 15) is 4.79 Å². The van der Waals surface area contributed by atoms with E-state index in [2.05, 4.69) is 10.3 Å². The van der Waals surface area contributed by atoms with Gasteiger partial charge in [-0.2, -0.15) is 0 Å². The summed E-state index contributed by atoms with van der Waals surface area (Å²) in [6.45, 7) is 3.45. The van der Waals surface area contributed by atoms with E-state index in [1.807, 2.05) is 42.1 Å². The molecule has 3 rings (SSSR count). The standard InChI is InChI=1S/C22H24ClN3O3/c1-22(2,29-18-11-7-16(23)8-12-18)21(27)25-19(20-24-13-14-26(20)3)15-5-9-17(28-4)10-6-15/h5-14,19H,1-4H3,(H,25,27). The number of nitrogens with zero attached hydrogens (tertiary/aromatic N) is 2. The van der Waals surface area contributed by atoms with E-state index in [0.29, 0.717) is 16.6 Å². The number of amides is 1. The fraction of sp³-hybridized carbons (Fsp3) is 0.273. The van der Waals surface area contributed by atoms with Gasteiger partial charge in [0, 0.05) is 24.5 Å². The number of carbonyl (C=O) groups is 1. The van der Waals surface area contributed by atoms with E-state index in [0.717, 1.165) is 11.3 Å². The number of hydrogen-bond donors (Lipinski definition) is 1. The lowest BCUT2D eigenvalue weighted by Gasteiger charge is -2.28. The number of benzene rings is 2. The Bertz CT molecular complexity index is 966. The number of aromatic nitrogens is 2. The van der Waals surface area contributed by atoms with Crippen molar-refractivity contribution in [3.63, 3.8) is 0 Å². The lowest BCUT2D eigenvalue weighted by atomic mass is 10.0. The predicted molar refractivity (Wildman–Crippen MR) is 112 cm³/mol. The van der Waals surface area contributed by atoms with Crippen LogP contribution in [0.4, 0.5) is 0 Å². The highest BCUT2D eigenvalue weighted by Gasteiger charge is 2.33. The van der Waals surface area contributed by atoms with E-state index >= 15 is 0 Å². The molecule has 0 aliphatic carbocycles. The van der Waals surface area contributed by atoms with E-state index in [1.165, 1.54) is 0 Å². The minimum atomic E-state index is -1.11. The van der Waals surface area contributed by atoms with Crippen LogP contribution in [-0.4, -0.2) is 28.2 Å². The van der Waals surface area contributed by atoms with Gasteiger partial charge in [0.1, 0.15) is 23.4 Å². The molecule has 0 saturated heterocycles. The third-order valence-electron chi connectivity index (χ3n) is 4.57. The molecule has 1 unspecified atom stereocenters. The van der Waals surface area contributed by atoms with Gasteiger partial charge in [0.15, 0.2) is 5.60 Å². The van der Waals surface area contributed by atoms with Crippen molar-refractivity contribution in [3.05, 3.63) is 77.3 Å². The van der Waals surface area contributed by atoms with Gasteiger partial charge >= 0.3 is 0 Å². The van der Waals surface area contributed by atoms with E-state index in [1.54, 1.807) is 51.4 Å². The summed E-state index contributed by atoms with van der Waals surface area (Å²) in [5, 5.41) is 3.68. The van der Waals surface area contributed by atoms with Crippen molar-refractivity contribution in [2.24, 2.45) is 7.05 Å². The molecule has 1 atom stereocenters. The number of nitrogens with one attached hydrogen (secondary N) is 1. The molecule has 29 heavy (non-hydrogen) atoms. The highest BCUT2D eigenvalue weighted by atomic mass is 35.5. The second-order valence-electron chi connectivity index (χ2n) is 7.14. The summed E-state index contributed by atoms with van der Waals surface area (Å²) in [7, 11) is 3.50. The minimum Gasteiger partial charge on any atom is -0.497 e. The smallest absolute Gasteiger partial charge is 0.264 e. The average Bonchev–Trinajstić information content (AvgIpc) is 3.13. The van der Waals surface area contributed by atoms with Crippen LogP contribution < -0.4 is 14.8 Å². The van der Waals surface area contributed by atoms with Crippen molar-refractivity contribution in [3.8, 4) is 11.5 Å². The molecule has 0 saturated carbocycles. The van der Waals surface area contributed by atoms with Gasteiger partial charge in [-0.15, -0.1) is 0 Å². The van der Waals surface area contributed by atoms with Crippen LogP contribution in [0, 0.1) is 0 Å². The van der Waals surface area contributed by atoms with Crippen molar-refractivity contribution < 1.29 is 14.3 Å². The number of methoxy groups -OCH3 is 1. The Balaban J connectivity index is 1.85. The molecule has 6 nitrogen and oxygen atoms in total. The Kier molecular flexibility index (Phi) is 6.13. The van der Waals surface area contributed by atoms with Gasteiger partial charge < -0.3 is 19.4 Å². The summed E-state index contributed by atoms with van der Waals surface area (Å²) < 4.78 is 13.0. The number of imidazole rings is 1. The number of ether oxygens (including phenoxy) is 2. The molecule has 7 heteroatoms. The van der Waals surface area contributed by atoms with Crippen LogP contribution in [0.15, 0.2) is 60.9 Å². The van der Waals surface area contributed by atoms with Crippen LogP contribution >= 0.6 is 11.6 Å². The zero-order chi connectivity index (χ0) is 21.0. The molecular formula is C22H24ClN3O3. The second kappa shape index (κ2) is 8.57. The number of carbonyl (C=O) groups excluding carboxylic acids is 1. The fourth-order valence-electron chi connectivity index (χ4n) is 2.90. The fourth-order valence-corrected chi connectivity index (χ4v) is 3.02. The molecule has 1 amide bonds. The average molecular weight is 414 g/mol. The highest BCUT2D eigenvalue weighted by molar-refractivity contribution is 6.30. The molecule has 152 valence electrons. The molecule has 0 aliphatic rings. The summed E-state index contributed by atoms with van der Waals surface area (Å²) >= 11 is 5.92. The van der Waals surface area contributed by atoms with E-state index < -0.39 is 11.6 Å². The SMILES string of the molecule is COc1ccc(C(NC(=O)C(C)(C)Oc2ccc(Cl)cc2)c2nccn2C)cc1. The van der Waals surface area contributed by atoms with Crippen molar-refractivity contribution in [1.29, 1.82) is 0 Å². The molecule has 1 aromatic heterocycles. The summed E-state index contributed by atoms with van der Waals surface area (Å²) in [5.74, 6) is 1.75. The van der Waals surface area contributed by atoms with Gasteiger partial charge in [0.25, 0.3) is 5.91 Å². The molecule has 0 bridgehead atoms. The van der Waals surface area contributed by atoms with Crippen LogP contribution in [0.25, 0.3) is 0 Å². The minimum absolute atomic E-state index is 0.267. The van der Waals surface area contributed by atoms with Crippen LogP contribution in [0.2, 0.25) is 5.02 Å². The lowest BCUT2D eigenvalue weighted by molar-refractivity contribution is -0.134. The Hall–Kier alpha value is -2.99. The van der Waals surface area contributed by atoms with E-state index in [4.69, 9.17) is 21.1 Å². The summed E-state index contributed by atoms with van der Waals surface area (Å²) in [4.78, 5) is 17.6. The molecule has 2 aromatic carbocycles. The Morgan fingerprint density at radius 1 is 1.10 bits per heavy atom. The van der Waals surface area contributed by atoms with Crippen LogP contribution in [-0.2, 0) is 11.8 Å². The maximum absolute atomic E-state index is 13.1. The first kappa shape index (κ1) is 20.7. The maximum Gasteiger partial charge on any atom is 0.264 e. The second-order valence-corrected chi connectivity index (χ2v) is 7.58. The van der Waals surface area contributed by atoms with Gasteiger partial charge in [0.05, 0.1) is 7.11 Å². The normalized spacial score (nSPS) is 12.3. The number of aryl methyl sites for hydroxylation is 1. The lowest BCUT2D eigenvalue weighted by Crippen LogP contribution is -2.48. The predicted octanol–water partition coefficient (Wildman–Crippen LogP) is 4.15. The van der Waals surface area contributed by atoms with Gasteiger partial charge in [-0.3, -0.25) is 4.79 Å². The largest absolute Gasteiger partial charge is 0.497 e. The van der Waals surface area contributed by atoms with Gasteiger partial charge in [-0.05, 0) is 55.8 Å². The molecule has 0 fully saturated rings. The Morgan fingerprint density at radius 3 is 2.28 bits per heavy atom. The number of hydrogen-bond acceptors (Lipinski definition) is 4. The third-order valence-corrected chi connectivity index (χ3v) is 4.83. The molecular weight excluding hydrogens is 390 g/mol. The summed E-state index contributed by atoms with van der Waals surface area (Å²) in [6.07, 6.45) is 3.54. The van der Waals surface area contributed by atoms with Crippen molar-refractivity contribution in [1.82, 2.24) is 14.9 Å². The third kappa shape index (κ3) is 4.90. The zero-order valence-corrected chi connectivity index (χ0v) is 17.6. The zero-order valence-electron chi connectivity index (χ0n) is 16.8. The van der Waals surface area contributed by atoms with Crippen LogP contribution in [0.5, 0.6) is 11.5 Å². The first-order valence-corrected chi connectivity index (χ1v) is 9.54. The van der Waals surface area contributed by atoms with Crippen LogP contribution in [0.3, 0.4) is 0 Å². The van der Waals surface area contributed by atoms with Crippen LogP contribution in [0.1, 0.15) is 31.3 Å². The molecule has 0 radical (unpaired) electrons.